The van der Waals surface area contributed by atoms with Crippen molar-refractivity contribution in [3.63, 3.8) is 0 Å². The molecular weight excluding hydrogens is 336 g/mol. The third kappa shape index (κ3) is 4.23. The zero-order valence-electron chi connectivity index (χ0n) is 13.7. The summed E-state index contributed by atoms with van der Waals surface area (Å²) >= 11 is 0. The molecule has 0 atom stereocenters. The molecule has 0 saturated carbocycles. The van der Waals surface area contributed by atoms with Crippen molar-refractivity contribution in [1.29, 1.82) is 0 Å². The van der Waals surface area contributed by atoms with E-state index >= 15 is 0 Å². The van der Waals surface area contributed by atoms with Crippen LogP contribution in [0, 0.1) is 10.1 Å². The molecule has 2 aromatic carbocycles. The molecule has 1 aromatic heterocycles. The Bertz CT molecular complexity index is 950. The number of fused-ring (bicyclic) bond motifs is 1. The van der Waals surface area contributed by atoms with E-state index in [1.165, 1.54) is 12.1 Å². The molecule has 3 rings (SSSR count). The number of hydrogen-bond acceptors (Lipinski definition) is 5. The second-order valence-corrected chi connectivity index (χ2v) is 5.44. The standard InChI is InChI=1S/C18H16N4O4/c23-18(26-12-13-5-2-1-3-6-13)19-10-4-7-16-15-9-8-14(22(24)25)11-17(15)21-20-16/h1-9,11H,10,12H2,(H,19,23)(H,20,21). The van der Waals surface area contributed by atoms with E-state index in [4.69, 9.17) is 4.74 Å². The van der Waals surface area contributed by atoms with Crippen LogP contribution in [-0.2, 0) is 11.3 Å². The van der Waals surface area contributed by atoms with Crippen molar-refractivity contribution in [3.8, 4) is 0 Å². The lowest BCUT2D eigenvalue weighted by Crippen LogP contribution is -2.24. The number of nitro benzene ring substituents is 1. The van der Waals surface area contributed by atoms with E-state index in [0.29, 0.717) is 11.2 Å². The molecule has 3 aromatic rings. The van der Waals surface area contributed by atoms with E-state index < -0.39 is 11.0 Å². The molecule has 0 aliphatic rings. The average molecular weight is 352 g/mol. The number of amides is 1. The molecule has 132 valence electrons. The largest absolute Gasteiger partial charge is 0.445 e. The van der Waals surface area contributed by atoms with E-state index in [-0.39, 0.29) is 18.8 Å². The van der Waals surface area contributed by atoms with Crippen molar-refractivity contribution in [2.75, 3.05) is 6.54 Å². The molecule has 0 aliphatic heterocycles. The number of ether oxygens (including phenoxy) is 1. The van der Waals surface area contributed by atoms with E-state index in [9.17, 15) is 14.9 Å². The van der Waals surface area contributed by atoms with Gasteiger partial charge in [-0.3, -0.25) is 15.2 Å². The third-order valence-electron chi connectivity index (χ3n) is 3.64. The lowest BCUT2D eigenvalue weighted by Gasteiger charge is -2.05. The molecule has 2 N–H and O–H groups in total. The molecule has 1 amide bonds. The van der Waals surface area contributed by atoms with Crippen molar-refractivity contribution in [3.05, 3.63) is 76.0 Å². The van der Waals surface area contributed by atoms with Crippen LogP contribution in [0.1, 0.15) is 11.3 Å². The van der Waals surface area contributed by atoms with Crippen LogP contribution in [0.2, 0.25) is 0 Å². The van der Waals surface area contributed by atoms with Crippen molar-refractivity contribution in [1.82, 2.24) is 15.5 Å². The van der Waals surface area contributed by atoms with Crippen LogP contribution in [0.3, 0.4) is 0 Å². The summed E-state index contributed by atoms with van der Waals surface area (Å²) in [5.41, 5.74) is 2.12. The molecule has 8 heteroatoms. The Morgan fingerprint density at radius 2 is 2.08 bits per heavy atom. The van der Waals surface area contributed by atoms with Crippen molar-refractivity contribution >= 4 is 28.8 Å². The van der Waals surface area contributed by atoms with E-state index in [2.05, 4.69) is 15.5 Å². The molecule has 0 spiro atoms. The Labute approximate surface area is 148 Å². The third-order valence-corrected chi connectivity index (χ3v) is 3.64. The number of carbonyl (C=O) groups excluding carboxylic acids is 1. The van der Waals surface area contributed by atoms with Gasteiger partial charge in [-0.2, -0.15) is 5.10 Å². The van der Waals surface area contributed by atoms with Gasteiger partial charge in [0, 0.05) is 24.1 Å². The molecule has 26 heavy (non-hydrogen) atoms. The number of non-ortho nitro benzene ring substituents is 1. The predicted octanol–water partition coefficient (Wildman–Crippen LogP) is 3.41. The Morgan fingerprint density at radius 1 is 1.27 bits per heavy atom. The van der Waals surface area contributed by atoms with E-state index in [1.54, 1.807) is 18.2 Å². The first-order valence-corrected chi connectivity index (χ1v) is 7.87. The fourth-order valence-electron chi connectivity index (χ4n) is 2.36. The zero-order chi connectivity index (χ0) is 18.4. The minimum atomic E-state index is -0.513. The molecule has 1 heterocycles. The maximum absolute atomic E-state index is 11.6. The summed E-state index contributed by atoms with van der Waals surface area (Å²) in [6, 6.07) is 13.9. The number of alkyl carbamates (subject to hydrolysis) is 1. The number of aromatic nitrogens is 2. The molecule has 0 radical (unpaired) electrons. The van der Waals surface area contributed by atoms with Crippen LogP contribution in [0.15, 0.2) is 54.6 Å². The number of nitrogens with one attached hydrogen (secondary N) is 2. The topological polar surface area (TPSA) is 110 Å². The quantitative estimate of drug-likeness (QED) is 0.522. The second-order valence-electron chi connectivity index (χ2n) is 5.44. The lowest BCUT2D eigenvalue weighted by molar-refractivity contribution is -0.384. The van der Waals surface area contributed by atoms with Gasteiger partial charge in [-0.25, -0.2) is 4.79 Å². The Kier molecular flexibility index (Phi) is 5.23. The summed E-state index contributed by atoms with van der Waals surface area (Å²) < 4.78 is 5.10. The smallest absolute Gasteiger partial charge is 0.407 e. The summed E-state index contributed by atoms with van der Waals surface area (Å²) in [5, 5.41) is 21.0. The number of nitrogens with zero attached hydrogens (tertiary/aromatic N) is 2. The normalized spacial score (nSPS) is 10.9. The molecule has 0 fully saturated rings. The highest BCUT2D eigenvalue weighted by atomic mass is 16.6. The van der Waals surface area contributed by atoms with Gasteiger partial charge in [-0.15, -0.1) is 0 Å². The molecule has 0 saturated heterocycles. The summed E-state index contributed by atoms with van der Waals surface area (Å²) in [6.45, 7) is 0.480. The molecular formula is C18H16N4O4. The average Bonchev–Trinajstić information content (AvgIpc) is 3.06. The fraction of sp³-hybridized carbons (Fsp3) is 0.111. The van der Waals surface area contributed by atoms with Gasteiger partial charge in [0.1, 0.15) is 6.61 Å². The zero-order valence-corrected chi connectivity index (χ0v) is 13.7. The van der Waals surface area contributed by atoms with Gasteiger partial charge >= 0.3 is 6.09 Å². The van der Waals surface area contributed by atoms with Gasteiger partial charge in [0.25, 0.3) is 5.69 Å². The first-order chi connectivity index (χ1) is 12.6. The number of rotatable bonds is 6. The van der Waals surface area contributed by atoms with Gasteiger partial charge in [0.15, 0.2) is 0 Å². The van der Waals surface area contributed by atoms with Crippen LogP contribution >= 0.6 is 0 Å². The summed E-state index contributed by atoms with van der Waals surface area (Å²) in [7, 11) is 0. The minimum absolute atomic E-state index is 0.000456. The van der Waals surface area contributed by atoms with Gasteiger partial charge in [-0.1, -0.05) is 36.4 Å². The van der Waals surface area contributed by atoms with Crippen LogP contribution in [0.25, 0.3) is 17.0 Å². The second kappa shape index (κ2) is 7.93. The highest BCUT2D eigenvalue weighted by Crippen LogP contribution is 2.22. The molecule has 8 nitrogen and oxygen atoms in total. The Morgan fingerprint density at radius 3 is 2.85 bits per heavy atom. The van der Waals surface area contributed by atoms with Gasteiger partial charge in [-0.05, 0) is 17.7 Å². The number of nitro groups is 1. The Hall–Kier alpha value is -3.68. The first-order valence-electron chi connectivity index (χ1n) is 7.87. The molecule has 0 unspecified atom stereocenters. The van der Waals surface area contributed by atoms with Gasteiger partial charge < -0.3 is 10.1 Å². The van der Waals surface area contributed by atoms with E-state index in [0.717, 1.165) is 10.9 Å². The van der Waals surface area contributed by atoms with Gasteiger partial charge in [0.2, 0.25) is 0 Å². The maximum atomic E-state index is 11.6. The molecule has 0 aliphatic carbocycles. The fourth-order valence-corrected chi connectivity index (χ4v) is 2.36. The number of benzene rings is 2. The van der Waals surface area contributed by atoms with E-state index in [1.807, 2.05) is 30.3 Å². The van der Waals surface area contributed by atoms with Crippen molar-refractivity contribution in [2.45, 2.75) is 6.61 Å². The number of carbonyl (C=O) groups is 1. The van der Waals surface area contributed by atoms with Crippen molar-refractivity contribution < 1.29 is 14.5 Å². The summed E-state index contributed by atoms with van der Waals surface area (Å²) in [5.74, 6) is 0. The highest BCUT2D eigenvalue weighted by molar-refractivity contribution is 5.88. The maximum Gasteiger partial charge on any atom is 0.407 e. The van der Waals surface area contributed by atoms with Crippen LogP contribution in [0.4, 0.5) is 10.5 Å². The highest BCUT2D eigenvalue weighted by Gasteiger charge is 2.09. The van der Waals surface area contributed by atoms with Crippen LogP contribution < -0.4 is 5.32 Å². The van der Waals surface area contributed by atoms with Crippen LogP contribution in [0.5, 0.6) is 0 Å². The molecule has 0 bridgehead atoms. The first kappa shape index (κ1) is 17.2. The lowest BCUT2D eigenvalue weighted by atomic mass is 10.2. The summed E-state index contributed by atoms with van der Waals surface area (Å²) in [6.07, 6.45) is 2.93. The monoisotopic (exact) mass is 352 g/mol. The Balaban J connectivity index is 1.51. The number of aromatic amines is 1. The number of H-pyrrole nitrogens is 1. The minimum Gasteiger partial charge on any atom is -0.445 e. The van der Waals surface area contributed by atoms with Crippen LogP contribution in [-0.4, -0.2) is 27.8 Å². The van der Waals surface area contributed by atoms with Gasteiger partial charge in [0.05, 0.1) is 16.1 Å². The number of hydrogen-bond donors (Lipinski definition) is 2. The SMILES string of the molecule is O=C(NCC=Cc1n[nH]c2cc([N+](=O)[O-])ccc12)OCc1ccccc1. The summed E-state index contributed by atoms with van der Waals surface area (Å²) in [4.78, 5) is 22.0. The van der Waals surface area contributed by atoms with Crippen molar-refractivity contribution in [2.24, 2.45) is 0 Å². The predicted molar refractivity (Wildman–Crippen MR) is 96.4 cm³/mol.